The molecule has 0 unspecified atom stereocenters. The monoisotopic (exact) mass is 328 g/mol. The van der Waals surface area contributed by atoms with E-state index in [2.05, 4.69) is 15.3 Å². The third-order valence-electron chi connectivity index (χ3n) is 5.07. The Morgan fingerprint density at radius 3 is 2.75 bits per heavy atom. The number of hydrogen-bond acceptors (Lipinski definition) is 4. The van der Waals surface area contributed by atoms with Crippen molar-refractivity contribution >= 4 is 5.91 Å². The van der Waals surface area contributed by atoms with E-state index in [0.717, 1.165) is 36.5 Å². The topological polar surface area (TPSA) is 63.3 Å². The van der Waals surface area contributed by atoms with E-state index in [9.17, 15) is 4.79 Å². The first kappa shape index (κ1) is 15.4. The fourth-order valence-electron chi connectivity index (χ4n) is 3.75. The van der Waals surface area contributed by atoms with Crippen molar-refractivity contribution in [1.29, 1.82) is 0 Å². The number of carbonyl (C=O) groups is 1. The summed E-state index contributed by atoms with van der Waals surface area (Å²) in [6.45, 7) is 2.63. The molecule has 4 rings (SSSR count). The summed E-state index contributed by atoms with van der Waals surface area (Å²) in [6, 6.07) is 6.67. The van der Waals surface area contributed by atoms with Gasteiger partial charge in [-0.05, 0) is 44.4 Å². The first-order valence-corrected chi connectivity index (χ1v) is 8.71. The molecule has 2 fully saturated rings. The molecular weight excluding hydrogens is 304 g/mol. The number of amides is 1. The van der Waals surface area contributed by atoms with Gasteiger partial charge in [0.25, 0.3) is 0 Å². The largest absolute Gasteiger partial charge is 0.465 e. The number of hydrogen-bond donors (Lipinski definition) is 1. The summed E-state index contributed by atoms with van der Waals surface area (Å²) in [5.41, 5.74) is 1.10. The van der Waals surface area contributed by atoms with Crippen LogP contribution in [0.2, 0.25) is 0 Å². The molecule has 0 bridgehead atoms. The van der Waals surface area contributed by atoms with Crippen LogP contribution in [-0.4, -0.2) is 32.7 Å². The molecule has 2 aliphatic rings. The molecule has 0 spiro atoms. The second-order valence-corrected chi connectivity index (χ2v) is 6.90. The zero-order valence-electron chi connectivity index (χ0n) is 14.2. The highest BCUT2D eigenvalue weighted by Crippen LogP contribution is 2.40. The average molecular weight is 328 g/mol. The summed E-state index contributed by atoms with van der Waals surface area (Å²) in [7, 11) is 1.95. The predicted molar refractivity (Wildman–Crippen MR) is 89.1 cm³/mol. The van der Waals surface area contributed by atoms with Crippen LogP contribution in [0.25, 0.3) is 0 Å². The van der Waals surface area contributed by atoms with Gasteiger partial charge in [-0.3, -0.25) is 9.48 Å². The van der Waals surface area contributed by atoms with E-state index >= 15 is 0 Å². The standard InChI is InChI=1S/C18H24N4O2/c1-12-3-6-14(24-12)11-19-15-7-8-17(23)22(13-4-5-13)18(15)16-9-10-20-21(16)2/h3,6,9-10,13,15,18-19H,4-5,7-8,11H2,1-2H3/t15-,18-/m1/s1. The lowest BCUT2D eigenvalue weighted by Gasteiger charge is -2.41. The van der Waals surface area contributed by atoms with Crippen molar-refractivity contribution in [3.05, 3.63) is 41.6 Å². The van der Waals surface area contributed by atoms with Crippen LogP contribution in [0.15, 0.2) is 28.8 Å². The minimum absolute atomic E-state index is 0.0438. The van der Waals surface area contributed by atoms with E-state index in [1.54, 1.807) is 0 Å². The Kier molecular flexibility index (Phi) is 3.92. The zero-order valence-corrected chi connectivity index (χ0v) is 14.2. The third-order valence-corrected chi connectivity index (χ3v) is 5.07. The predicted octanol–water partition coefficient (Wildman–Crippen LogP) is 2.31. The molecule has 6 heteroatoms. The summed E-state index contributed by atoms with van der Waals surface area (Å²) < 4.78 is 7.56. The van der Waals surface area contributed by atoms with Crippen LogP contribution in [0.5, 0.6) is 0 Å². The van der Waals surface area contributed by atoms with Gasteiger partial charge in [-0.25, -0.2) is 0 Å². The summed E-state index contributed by atoms with van der Waals surface area (Å²) in [5, 5.41) is 7.94. The Labute approximate surface area is 141 Å². The Morgan fingerprint density at radius 1 is 1.29 bits per heavy atom. The van der Waals surface area contributed by atoms with E-state index < -0.39 is 0 Å². The van der Waals surface area contributed by atoms with Crippen LogP contribution in [-0.2, 0) is 18.4 Å². The summed E-state index contributed by atoms with van der Waals surface area (Å²) >= 11 is 0. The van der Waals surface area contributed by atoms with Crippen molar-refractivity contribution < 1.29 is 9.21 Å². The molecule has 1 aliphatic carbocycles. The van der Waals surface area contributed by atoms with Gasteiger partial charge >= 0.3 is 0 Å². The Hall–Kier alpha value is -2.08. The first-order valence-electron chi connectivity index (χ1n) is 8.71. The number of aromatic nitrogens is 2. The molecule has 1 saturated carbocycles. The lowest BCUT2D eigenvalue weighted by atomic mass is 9.92. The third kappa shape index (κ3) is 2.86. The molecule has 2 aromatic rings. The molecule has 2 aromatic heterocycles. The van der Waals surface area contributed by atoms with Crippen LogP contribution >= 0.6 is 0 Å². The number of carbonyl (C=O) groups excluding carboxylic acids is 1. The second-order valence-electron chi connectivity index (χ2n) is 6.90. The Balaban J connectivity index is 1.58. The fourth-order valence-corrected chi connectivity index (χ4v) is 3.75. The molecule has 2 atom stereocenters. The number of aryl methyl sites for hydroxylation is 2. The lowest BCUT2D eigenvalue weighted by molar-refractivity contribution is -0.138. The minimum Gasteiger partial charge on any atom is -0.465 e. The van der Waals surface area contributed by atoms with Crippen molar-refractivity contribution in [3.63, 3.8) is 0 Å². The van der Waals surface area contributed by atoms with E-state index in [-0.39, 0.29) is 18.0 Å². The van der Waals surface area contributed by atoms with Crippen LogP contribution in [0.1, 0.15) is 48.9 Å². The van der Waals surface area contributed by atoms with Gasteiger partial charge in [0.15, 0.2) is 0 Å². The van der Waals surface area contributed by atoms with Crippen molar-refractivity contribution in [1.82, 2.24) is 20.0 Å². The van der Waals surface area contributed by atoms with Crippen LogP contribution in [0, 0.1) is 6.92 Å². The molecule has 0 radical (unpaired) electrons. The average Bonchev–Trinajstić information content (AvgIpc) is 3.18. The number of likely N-dealkylation sites (tertiary alicyclic amines) is 1. The van der Waals surface area contributed by atoms with Gasteiger partial charge in [-0.1, -0.05) is 0 Å². The van der Waals surface area contributed by atoms with E-state index in [4.69, 9.17) is 4.42 Å². The molecule has 6 nitrogen and oxygen atoms in total. The SMILES string of the molecule is Cc1ccc(CN[C@@H]2CCC(=O)N(C3CC3)[C@H]2c2ccnn2C)o1. The van der Waals surface area contributed by atoms with Crippen LogP contribution in [0.4, 0.5) is 0 Å². The van der Waals surface area contributed by atoms with Gasteiger partial charge in [0.05, 0.1) is 18.3 Å². The molecular formula is C18H24N4O2. The number of nitrogens with one attached hydrogen (secondary N) is 1. The highest BCUT2D eigenvalue weighted by Gasteiger charge is 2.45. The van der Waals surface area contributed by atoms with Gasteiger partial charge < -0.3 is 14.6 Å². The quantitative estimate of drug-likeness (QED) is 0.915. The van der Waals surface area contributed by atoms with E-state index in [0.29, 0.717) is 19.0 Å². The fraction of sp³-hybridized carbons (Fsp3) is 0.556. The number of rotatable bonds is 5. The maximum Gasteiger partial charge on any atom is 0.223 e. The zero-order chi connectivity index (χ0) is 16.7. The highest BCUT2D eigenvalue weighted by atomic mass is 16.3. The number of furan rings is 1. The lowest BCUT2D eigenvalue weighted by Crippen LogP contribution is -2.52. The normalized spacial score (nSPS) is 24.6. The summed E-state index contributed by atoms with van der Waals surface area (Å²) in [4.78, 5) is 14.7. The van der Waals surface area contributed by atoms with E-state index in [1.807, 2.05) is 43.0 Å². The summed E-state index contributed by atoms with van der Waals surface area (Å²) in [5.74, 6) is 2.13. The van der Waals surface area contributed by atoms with Crippen molar-refractivity contribution in [2.24, 2.45) is 7.05 Å². The van der Waals surface area contributed by atoms with Crippen molar-refractivity contribution in [3.8, 4) is 0 Å². The highest BCUT2D eigenvalue weighted by molar-refractivity contribution is 5.78. The van der Waals surface area contributed by atoms with Crippen molar-refractivity contribution in [2.45, 2.75) is 57.3 Å². The molecule has 0 aromatic carbocycles. The molecule has 1 amide bonds. The molecule has 24 heavy (non-hydrogen) atoms. The molecule has 128 valence electrons. The molecule has 1 N–H and O–H groups in total. The molecule has 1 aliphatic heterocycles. The maximum absolute atomic E-state index is 12.6. The Morgan fingerprint density at radius 2 is 2.12 bits per heavy atom. The van der Waals surface area contributed by atoms with E-state index in [1.165, 1.54) is 0 Å². The molecule has 1 saturated heterocycles. The van der Waals surface area contributed by atoms with Gasteiger partial charge in [-0.2, -0.15) is 5.10 Å². The second kappa shape index (κ2) is 6.09. The first-order chi connectivity index (χ1) is 11.6. The van der Waals surface area contributed by atoms with Gasteiger partial charge in [0, 0.05) is 31.7 Å². The summed E-state index contributed by atoms with van der Waals surface area (Å²) in [6.07, 6.45) is 5.50. The minimum atomic E-state index is 0.0438. The Bertz CT molecular complexity index is 731. The van der Waals surface area contributed by atoms with Crippen LogP contribution in [0.3, 0.4) is 0 Å². The number of piperidine rings is 1. The van der Waals surface area contributed by atoms with Gasteiger partial charge in [0.1, 0.15) is 11.5 Å². The van der Waals surface area contributed by atoms with Gasteiger partial charge in [0.2, 0.25) is 5.91 Å². The van der Waals surface area contributed by atoms with Crippen LogP contribution < -0.4 is 5.32 Å². The van der Waals surface area contributed by atoms with Gasteiger partial charge in [-0.15, -0.1) is 0 Å². The number of nitrogens with zero attached hydrogens (tertiary/aromatic N) is 3. The maximum atomic E-state index is 12.6. The smallest absolute Gasteiger partial charge is 0.223 e. The van der Waals surface area contributed by atoms with Crippen molar-refractivity contribution in [2.75, 3.05) is 0 Å². The molecule has 3 heterocycles.